The van der Waals surface area contributed by atoms with Crippen LogP contribution < -0.4 is 11.1 Å². The smallest absolute Gasteiger partial charge is 0.261 e. The standard InChI is InChI=1S/C15H14N2OS2/c16-8-10-3-1-2-4-11(10)9-17-15(18)14-7-13-12(20-14)5-6-19-13/h1-7H,8-9,16H2,(H,17,18). The molecule has 0 saturated heterocycles. The Morgan fingerprint density at radius 2 is 1.95 bits per heavy atom. The number of hydrogen-bond acceptors (Lipinski definition) is 4. The van der Waals surface area contributed by atoms with Gasteiger partial charge in [-0.25, -0.2) is 0 Å². The highest BCUT2D eigenvalue weighted by Gasteiger charge is 2.11. The van der Waals surface area contributed by atoms with Crippen molar-refractivity contribution in [3.63, 3.8) is 0 Å². The van der Waals surface area contributed by atoms with Crippen LogP contribution >= 0.6 is 22.7 Å². The minimum Gasteiger partial charge on any atom is -0.347 e. The molecule has 5 heteroatoms. The largest absolute Gasteiger partial charge is 0.347 e. The lowest BCUT2D eigenvalue weighted by molar-refractivity contribution is 0.0955. The number of carbonyl (C=O) groups excluding carboxylic acids is 1. The van der Waals surface area contributed by atoms with Crippen LogP contribution in [0.25, 0.3) is 9.40 Å². The molecule has 2 aromatic heterocycles. The molecule has 0 atom stereocenters. The summed E-state index contributed by atoms with van der Waals surface area (Å²) in [5.74, 6) is -0.0229. The van der Waals surface area contributed by atoms with Crippen molar-refractivity contribution in [3.8, 4) is 0 Å². The molecule has 1 aromatic carbocycles. The zero-order chi connectivity index (χ0) is 13.9. The Balaban J connectivity index is 1.71. The minimum absolute atomic E-state index is 0.0229. The summed E-state index contributed by atoms with van der Waals surface area (Å²) >= 11 is 3.19. The maximum atomic E-state index is 12.2. The van der Waals surface area contributed by atoms with Crippen molar-refractivity contribution in [1.29, 1.82) is 0 Å². The highest BCUT2D eigenvalue weighted by atomic mass is 32.1. The molecule has 1 amide bonds. The lowest BCUT2D eigenvalue weighted by Crippen LogP contribution is -2.22. The molecule has 3 aromatic rings. The van der Waals surface area contributed by atoms with Gasteiger partial charge in [0.1, 0.15) is 0 Å². The van der Waals surface area contributed by atoms with Gasteiger partial charge in [-0.2, -0.15) is 0 Å². The van der Waals surface area contributed by atoms with Gasteiger partial charge in [0.25, 0.3) is 5.91 Å². The molecule has 0 unspecified atom stereocenters. The van der Waals surface area contributed by atoms with Crippen molar-refractivity contribution in [2.45, 2.75) is 13.1 Å². The first kappa shape index (κ1) is 13.3. The number of benzene rings is 1. The van der Waals surface area contributed by atoms with Crippen LogP contribution in [0.2, 0.25) is 0 Å². The van der Waals surface area contributed by atoms with E-state index < -0.39 is 0 Å². The lowest BCUT2D eigenvalue weighted by atomic mass is 10.1. The van der Waals surface area contributed by atoms with E-state index in [4.69, 9.17) is 5.73 Å². The Hall–Kier alpha value is -1.69. The highest BCUT2D eigenvalue weighted by molar-refractivity contribution is 7.27. The van der Waals surface area contributed by atoms with E-state index in [1.54, 1.807) is 11.3 Å². The lowest BCUT2D eigenvalue weighted by Gasteiger charge is -2.08. The third-order valence-electron chi connectivity index (χ3n) is 3.14. The van der Waals surface area contributed by atoms with Gasteiger partial charge in [0.05, 0.1) is 4.88 Å². The van der Waals surface area contributed by atoms with Crippen LogP contribution in [0.4, 0.5) is 0 Å². The zero-order valence-electron chi connectivity index (χ0n) is 10.8. The van der Waals surface area contributed by atoms with Gasteiger partial charge < -0.3 is 11.1 Å². The summed E-state index contributed by atoms with van der Waals surface area (Å²) in [7, 11) is 0. The van der Waals surface area contributed by atoms with E-state index in [1.165, 1.54) is 20.7 Å². The second kappa shape index (κ2) is 5.75. The van der Waals surface area contributed by atoms with E-state index in [-0.39, 0.29) is 5.91 Å². The number of nitrogens with one attached hydrogen (secondary N) is 1. The number of fused-ring (bicyclic) bond motifs is 1. The van der Waals surface area contributed by atoms with E-state index in [0.29, 0.717) is 13.1 Å². The molecule has 0 aliphatic rings. The molecule has 3 rings (SSSR count). The third-order valence-corrected chi connectivity index (χ3v) is 5.23. The van der Waals surface area contributed by atoms with Gasteiger partial charge in [0.15, 0.2) is 0 Å². The Morgan fingerprint density at radius 3 is 2.70 bits per heavy atom. The van der Waals surface area contributed by atoms with E-state index in [9.17, 15) is 4.79 Å². The average molecular weight is 302 g/mol. The Morgan fingerprint density at radius 1 is 1.15 bits per heavy atom. The van der Waals surface area contributed by atoms with Crippen molar-refractivity contribution in [3.05, 3.63) is 57.8 Å². The van der Waals surface area contributed by atoms with Crippen molar-refractivity contribution in [1.82, 2.24) is 5.32 Å². The first-order valence-electron chi connectivity index (χ1n) is 6.30. The van der Waals surface area contributed by atoms with Crippen LogP contribution in [0.5, 0.6) is 0 Å². The molecule has 0 saturated carbocycles. The predicted octanol–water partition coefficient (Wildman–Crippen LogP) is 3.35. The monoisotopic (exact) mass is 302 g/mol. The van der Waals surface area contributed by atoms with Crippen LogP contribution in [0.3, 0.4) is 0 Å². The summed E-state index contributed by atoms with van der Waals surface area (Å²) in [6, 6.07) is 11.9. The first-order valence-corrected chi connectivity index (χ1v) is 7.99. The molecule has 0 fully saturated rings. The molecule has 0 aliphatic heterocycles. The van der Waals surface area contributed by atoms with Crippen molar-refractivity contribution >= 4 is 38.0 Å². The molecular formula is C15H14N2OS2. The number of carbonyl (C=O) groups is 1. The average Bonchev–Trinajstić information content (AvgIpc) is 3.06. The fraction of sp³-hybridized carbons (Fsp3) is 0.133. The van der Waals surface area contributed by atoms with Crippen LogP contribution in [0.15, 0.2) is 41.8 Å². The minimum atomic E-state index is -0.0229. The predicted molar refractivity (Wildman–Crippen MR) is 85.2 cm³/mol. The molecule has 0 spiro atoms. The summed E-state index contributed by atoms with van der Waals surface area (Å²) in [6.45, 7) is 0.999. The normalized spacial score (nSPS) is 10.8. The molecule has 0 aliphatic carbocycles. The van der Waals surface area contributed by atoms with Gasteiger partial charge in [0.2, 0.25) is 0 Å². The number of rotatable bonds is 4. The summed E-state index contributed by atoms with van der Waals surface area (Å²) in [5, 5.41) is 5.00. The van der Waals surface area contributed by atoms with Crippen LogP contribution in [-0.4, -0.2) is 5.91 Å². The maximum absolute atomic E-state index is 12.2. The van der Waals surface area contributed by atoms with E-state index >= 15 is 0 Å². The molecule has 0 bridgehead atoms. The summed E-state index contributed by atoms with van der Waals surface area (Å²) in [6.07, 6.45) is 0. The number of hydrogen-bond donors (Lipinski definition) is 2. The van der Waals surface area contributed by atoms with Crippen molar-refractivity contribution < 1.29 is 4.79 Å². The molecule has 3 nitrogen and oxygen atoms in total. The van der Waals surface area contributed by atoms with Gasteiger partial charge in [-0.05, 0) is 28.6 Å². The molecule has 102 valence electrons. The number of thiophene rings is 2. The molecule has 20 heavy (non-hydrogen) atoms. The zero-order valence-corrected chi connectivity index (χ0v) is 12.4. The SMILES string of the molecule is NCc1ccccc1CNC(=O)c1cc2sccc2s1. The fourth-order valence-electron chi connectivity index (χ4n) is 2.07. The van der Waals surface area contributed by atoms with Gasteiger partial charge in [-0.3, -0.25) is 4.79 Å². The van der Waals surface area contributed by atoms with E-state index in [1.807, 2.05) is 41.8 Å². The molecule has 2 heterocycles. The molecule has 3 N–H and O–H groups in total. The van der Waals surface area contributed by atoms with E-state index in [0.717, 1.165) is 16.0 Å². The fourth-order valence-corrected chi connectivity index (χ4v) is 4.09. The second-order valence-electron chi connectivity index (χ2n) is 4.42. The Bertz CT molecular complexity index is 717. The Labute approximate surface area is 125 Å². The Kier molecular flexibility index (Phi) is 3.82. The van der Waals surface area contributed by atoms with Crippen molar-refractivity contribution in [2.24, 2.45) is 5.73 Å². The van der Waals surface area contributed by atoms with Crippen LogP contribution in [-0.2, 0) is 13.1 Å². The van der Waals surface area contributed by atoms with Gasteiger partial charge >= 0.3 is 0 Å². The highest BCUT2D eigenvalue weighted by Crippen LogP contribution is 2.29. The molecular weight excluding hydrogens is 288 g/mol. The summed E-state index contributed by atoms with van der Waals surface area (Å²) in [5.41, 5.74) is 7.84. The van der Waals surface area contributed by atoms with Gasteiger partial charge in [-0.1, -0.05) is 24.3 Å². The van der Waals surface area contributed by atoms with Crippen molar-refractivity contribution in [2.75, 3.05) is 0 Å². The summed E-state index contributed by atoms with van der Waals surface area (Å²) < 4.78 is 2.34. The topological polar surface area (TPSA) is 55.1 Å². The number of nitrogens with two attached hydrogens (primary N) is 1. The third kappa shape index (κ3) is 2.60. The van der Waals surface area contributed by atoms with Crippen LogP contribution in [0.1, 0.15) is 20.8 Å². The van der Waals surface area contributed by atoms with Gasteiger partial charge in [0, 0.05) is 22.5 Å². The molecule has 0 radical (unpaired) electrons. The second-order valence-corrected chi connectivity index (χ2v) is 6.45. The number of amides is 1. The van der Waals surface area contributed by atoms with E-state index in [2.05, 4.69) is 5.32 Å². The first-order chi connectivity index (χ1) is 9.78. The van der Waals surface area contributed by atoms with Crippen LogP contribution in [0, 0.1) is 0 Å². The maximum Gasteiger partial charge on any atom is 0.261 e. The quantitative estimate of drug-likeness (QED) is 0.776. The summed E-state index contributed by atoms with van der Waals surface area (Å²) in [4.78, 5) is 12.9. The van der Waals surface area contributed by atoms with Gasteiger partial charge in [-0.15, -0.1) is 22.7 Å².